The summed E-state index contributed by atoms with van der Waals surface area (Å²) in [6.45, 7) is 0.616. The van der Waals surface area contributed by atoms with E-state index in [2.05, 4.69) is 0 Å². The molecule has 0 aromatic heterocycles. The van der Waals surface area contributed by atoms with Crippen LogP contribution < -0.4 is 19.5 Å². The number of rotatable bonds is 5. The van der Waals surface area contributed by atoms with Crippen LogP contribution in [0.5, 0.6) is 11.5 Å². The van der Waals surface area contributed by atoms with E-state index < -0.39 is 27.8 Å². The number of fused-ring (bicyclic) bond motifs is 1. The van der Waals surface area contributed by atoms with Gasteiger partial charge in [-0.25, -0.2) is 13.6 Å². The van der Waals surface area contributed by atoms with Gasteiger partial charge in [0.2, 0.25) is 10.0 Å². The molecule has 2 heterocycles. The molecule has 0 aliphatic carbocycles. The Kier molecular flexibility index (Phi) is 6.22. The fourth-order valence-electron chi connectivity index (χ4n) is 4.66. The van der Waals surface area contributed by atoms with Crippen molar-refractivity contribution in [2.75, 3.05) is 18.6 Å². The fraction of sp³-hybridized carbons (Fsp3) is 0.185. The van der Waals surface area contributed by atoms with E-state index in [1.165, 1.54) is 36.3 Å². The zero-order chi connectivity index (χ0) is 26.3. The zero-order valence-corrected chi connectivity index (χ0v) is 20.7. The van der Waals surface area contributed by atoms with Gasteiger partial charge in [-0.3, -0.25) is 14.5 Å². The number of ketones is 1. The van der Waals surface area contributed by atoms with Crippen molar-refractivity contribution < 1.29 is 32.6 Å². The Morgan fingerprint density at radius 3 is 2.41 bits per heavy atom. The number of Topliss-reactive ketones (excluding diaryl/α,β-unsaturated/α-hetero) is 1. The number of hydrogen-bond donors (Lipinski definition) is 2. The maximum absolute atomic E-state index is 13.4. The van der Waals surface area contributed by atoms with Crippen molar-refractivity contribution in [3.63, 3.8) is 0 Å². The Hall–Kier alpha value is -4.15. The molecule has 0 saturated carbocycles. The van der Waals surface area contributed by atoms with E-state index in [0.717, 1.165) is 24.2 Å². The standard InChI is InChI=1S/C27H24N2O7S/c1-35-20-9-4-16(5-10-20)24-23(25(30)18-6-13-22-17(15-18)3-2-14-36-22)26(31)27(32)29(24)19-7-11-21(12-8-19)37(28,33)34/h4-13,15,24,30H,2-3,14H2,1H3,(H2,28,33,34)/b25-23-. The van der Waals surface area contributed by atoms with Crippen molar-refractivity contribution in [1.29, 1.82) is 0 Å². The molecule has 9 nitrogen and oxygen atoms in total. The van der Waals surface area contributed by atoms with Crippen molar-refractivity contribution in [2.45, 2.75) is 23.8 Å². The fourth-order valence-corrected chi connectivity index (χ4v) is 5.18. The van der Waals surface area contributed by atoms with Crippen LogP contribution in [0.15, 0.2) is 77.2 Å². The largest absolute Gasteiger partial charge is 0.507 e. The second kappa shape index (κ2) is 9.38. The third kappa shape index (κ3) is 4.45. The molecule has 2 aliphatic heterocycles. The Morgan fingerprint density at radius 2 is 1.76 bits per heavy atom. The highest BCUT2D eigenvalue weighted by atomic mass is 32.2. The molecule has 3 aromatic rings. The van der Waals surface area contributed by atoms with Crippen LogP contribution in [0.25, 0.3) is 5.76 Å². The Labute approximate surface area is 213 Å². The summed E-state index contributed by atoms with van der Waals surface area (Å²) < 4.78 is 34.3. The molecule has 0 spiro atoms. The smallest absolute Gasteiger partial charge is 0.300 e. The first-order valence-corrected chi connectivity index (χ1v) is 13.1. The molecule has 1 atom stereocenters. The van der Waals surface area contributed by atoms with Crippen molar-refractivity contribution >= 4 is 33.2 Å². The summed E-state index contributed by atoms with van der Waals surface area (Å²) in [5, 5.41) is 16.6. The molecule has 1 amide bonds. The number of nitrogens with zero attached hydrogens (tertiary/aromatic N) is 1. The van der Waals surface area contributed by atoms with Crippen molar-refractivity contribution in [3.8, 4) is 11.5 Å². The van der Waals surface area contributed by atoms with Crippen molar-refractivity contribution in [1.82, 2.24) is 0 Å². The van der Waals surface area contributed by atoms with E-state index >= 15 is 0 Å². The number of aryl methyl sites for hydroxylation is 1. The van der Waals surface area contributed by atoms with Gasteiger partial charge < -0.3 is 14.6 Å². The molecular formula is C27H24N2O7S. The Balaban J connectivity index is 1.67. The highest BCUT2D eigenvalue weighted by Crippen LogP contribution is 2.43. The van der Waals surface area contributed by atoms with Crippen LogP contribution in [0.1, 0.15) is 29.2 Å². The number of ether oxygens (including phenoxy) is 2. The van der Waals surface area contributed by atoms with E-state index in [-0.39, 0.29) is 21.9 Å². The molecule has 0 radical (unpaired) electrons. The second-order valence-electron chi connectivity index (χ2n) is 8.76. The maximum atomic E-state index is 13.4. The van der Waals surface area contributed by atoms with Crippen LogP contribution in [0, 0.1) is 0 Å². The monoisotopic (exact) mass is 520 g/mol. The number of carbonyl (C=O) groups excluding carboxylic acids is 2. The third-order valence-electron chi connectivity index (χ3n) is 6.50. The number of nitrogens with two attached hydrogens (primary N) is 1. The third-order valence-corrected chi connectivity index (χ3v) is 7.43. The minimum atomic E-state index is -3.95. The summed E-state index contributed by atoms with van der Waals surface area (Å²) in [6, 6.07) is 16.3. The molecule has 10 heteroatoms. The van der Waals surface area contributed by atoms with Gasteiger partial charge in [0.1, 0.15) is 17.3 Å². The predicted molar refractivity (Wildman–Crippen MR) is 136 cm³/mol. The number of hydrogen-bond acceptors (Lipinski definition) is 7. The number of anilines is 1. The first-order valence-electron chi connectivity index (χ1n) is 11.5. The van der Waals surface area contributed by atoms with Crippen LogP contribution in [0.3, 0.4) is 0 Å². The number of amides is 1. The number of carbonyl (C=O) groups is 2. The summed E-state index contributed by atoms with van der Waals surface area (Å²) in [4.78, 5) is 27.8. The first kappa shape index (κ1) is 24.5. The van der Waals surface area contributed by atoms with E-state index in [1.54, 1.807) is 42.5 Å². The quantitative estimate of drug-likeness (QED) is 0.299. The summed E-state index contributed by atoms with van der Waals surface area (Å²) >= 11 is 0. The average Bonchev–Trinajstić information content (AvgIpc) is 3.17. The van der Waals surface area contributed by atoms with Gasteiger partial charge in [-0.15, -0.1) is 0 Å². The van der Waals surface area contributed by atoms with Crippen LogP contribution >= 0.6 is 0 Å². The molecule has 2 aliphatic rings. The van der Waals surface area contributed by atoms with Gasteiger partial charge in [0.25, 0.3) is 11.7 Å². The summed E-state index contributed by atoms with van der Waals surface area (Å²) in [5.41, 5.74) is 2.04. The SMILES string of the molecule is COc1ccc(C2/C(=C(/O)c3ccc4c(c3)CCCO4)C(=O)C(=O)N2c2ccc(S(N)(=O)=O)cc2)cc1. The Morgan fingerprint density at radius 1 is 1.05 bits per heavy atom. The van der Waals surface area contributed by atoms with E-state index in [1.807, 2.05) is 0 Å². The topological polar surface area (TPSA) is 136 Å². The summed E-state index contributed by atoms with van der Waals surface area (Å²) in [7, 11) is -2.43. The van der Waals surface area contributed by atoms with Gasteiger partial charge in [0.05, 0.1) is 30.2 Å². The highest BCUT2D eigenvalue weighted by Gasteiger charge is 2.47. The summed E-state index contributed by atoms with van der Waals surface area (Å²) in [5.74, 6) is -0.719. The van der Waals surface area contributed by atoms with Gasteiger partial charge in [0, 0.05) is 11.3 Å². The minimum absolute atomic E-state index is 0.0811. The van der Waals surface area contributed by atoms with Gasteiger partial charge in [0.15, 0.2) is 0 Å². The number of methoxy groups -OCH3 is 1. The van der Waals surface area contributed by atoms with E-state index in [0.29, 0.717) is 23.5 Å². The zero-order valence-electron chi connectivity index (χ0n) is 19.9. The maximum Gasteiger partial charge on any atom is 0.300 e. The second-order valence-corrected chi connectivity index (χ2v) is 10.3. The summed E-state index contributed by atoms with van der Waals surface area (Å²) in [6.07, 6.45) is 1.60. The lowest BCUT2D eigenvalue weighted by Gasteiger charge is -2.26. The van der Waals surface area contributed by atoms with Gasteiger partial charge in [-0.2, -0.15) is 0 Å². The molecule has 1 saturated heterocycles. The number of aliphatic hydroxyl groups excluding tert-OH is 1. The molecule has 1 unspecified atom stereocenters. The van der Waals surface area contributed by atoms with E-state index in [4.69, 9.17) is 14.6 Å². The molecule has 1 fully saturated rings. The van der Waals surface area contributed by atoms with Crippen LogP contribution in [-0.2, 0) is 26.0 Å². The molecule has 3 N–H and O–H groups in total. The van der Waals surface area contributed by atoms with Crippen LogP contribution in [0.4, 0.5) is 5.69 Å². The van der Waals surface area contributed by atoms with Gasteiger partial charge >= 0.3 is 0 Å². The van der Waals surface area contributed by atoms with Gasteiger partial charge in [-0.1, -0.05) is 12.1 Å². The minimum Gasteiger partial charge on any atom is -0.507 e. The lowest BCUT2D eigenvalue weighted by molar-refractivity contribution is -0.132. The number of benzene rings is 3. The number of primary sulfonamides is 1. The predicted octanol–water partition coefficient (Wildman–Crippen LogP) is 3.29. The molecule has 0 bridgehead atoms. The Bertz CT molecular complexity index is 1530. The molecule has 5 rings (SSSR count). The first-order chi connectivity index (χ1) is 17.7. The lowest BCUT2D eigenvalue weighted by Crippen LogP contribution is -2.29. The lowest BCUT2D eigenvalue weighted by atomic mass is 9.94. The number of sulfonamides is 1. The van der Waals surface area contributed by atoms with Gasteiger partial charge in [-0.05, 0) is 78.6 Å². The van der Waals surface area contributed by atoms with Crippen LogP contribution in [-0.4, -0.2) is 38.9 Å². The van der Waals surface area contributed by atoms with Crippen molar-refractivity contribution in [3.05, 3.63) is 89.0 Å². The average molecular weight is 521 g/mol. The normalized spacial score (nSPS) is 18.9. The van der Waals surface area contributed by atoms with Crippen molar-refractivity contribution in [2.24, 2.45) is 5.14 Å². The van der Waals surface area contributed by atoms with E-state index in [9.17, 15) is 23.1 Å². The number of aliphatic hydroxyl groups is 1. The molecule has 190 valence electrons. The molecule has 37 heavy (non-hydrogen) atoms. The molecule has 3 aromatic carbocycles. The molecular weight excluding hydrogens is 496 g/mol. The highest BCUT2D eigenvalue weighted by molar-refractivity contribution is 7.89. The van der Waals surface area contributed by atoms with Crippen LogP contribution in [0.2, 0.25) is 0 Å².